The Bertz CT molecular complexity index is 833. The molecule has 2 heterocycles. The van der Waals surface area contributed by atoms with Crippen LogP contribution in [-0.4, -0.2) is 47.6 Å². The van der Waals surface area contributed by atoms with E-state index in [9.17, 15) is 23.6 Å². The minimum absolute atomic E-state index is 0.0503. The van der Waals surface area contributed by atoms with Gasteiger partial charge in [-0.05, 0) is 31.0 Å². The SMILES string of the molecule is CC1C(C#N)NCNC1[C@@H](C)NC(=O)CN1Sc2c(ccc(F)c2F)NC1=O. The maximum atomic E-state index is 14.0. The van der Waals surface area contributed by atoms with Crippen LogP contribution in [0.1, 0.15) is 13.8 Å². The number of hydrogen-bond acceptors (Lipinski definition) is 6. The van der Waals surface area contributed by atoms with Gasteiger partial charge in [0.05, 0.1) is 16.7 Å². The zero-order valence-electron chi connectivity index (χ0n) is 15.3. The van der Waals surface area contributed by atoms with Gasteiger partial charge in [0.1, 0.15) is 12.6 Å². The van der Waals surface area contributed by atoms with Crippen LogP contribution >= 0.6 is 11.9 Å². The number of benzene rings is 1. The number of fused-ring (bicyclic) bond motifs is 1. The van der Waals surface area contributed by atoms with Crippen molar-refractivity contribution in [3.63, 3.8) is 0 Å². The Morgan fingerprint density at radius 3 is 2.93 bits per heavy atom. The van der Waals surface area contributed by atoms with Crippen LogP contribution in [0.3, 0.4) is 0 Å². The highest BCUT2D eigenvalue weighted by molar-refractivity contribution is 7.97. The van der Waals surface area contributed by atoms with Crippen molar-refractivity contribution in [1.82, 2.24) is 20.3 Å². The summed E-state index contributed by atoms with van der Waals surface area (Å²) in [5, 5.41) is 20.7. The van der Waals surface area contributed by atoms with Crippen molar-refractivity contribution >= 4 is 29.6 Å². The molecule has 1 fully saturated rings. The molecule has 8 nitrogen and oxygen atoms in total. The highest BCUT2D eigenvalue weighted by atomic mass is 32.2. The van der Waals surface area contributed by atoms with E-state index >= 15 is 0 Å². The number of urea groups is 1. The molecule has 3 unspecified atom stereocenters. The van der Waals surface area contributed by atoms with Crippen molar-refractivity contribution in [1.29, 1.82) is 5.26 Å². The third-order valence-corrected chi connectivity index (χ3v) is 5.92. The van der Waals surface area contributed by atoms with E-state index in [-0.39, 0.29) is 41.2 Å². The summed E-state index contributed by atoms with van der Waals surface area (Å²) in [5.41, 5.74) is 0.161. The Hall–Kier alpha value is -2.42. The average molecular weight is 410 g/mol. The minimum atomic E-state index is -1.07. The summed E-state index contributed by atoms with van der Waals surface area (Å²) in [6, 6.07) is 3.03. The number of carbonyl (C=O) groups is 2. The lowest BCUT2D eigenvalue weighted by Gasteiger charge is -2.38. The molecule has 4 N–H and O–H groups in total. The standard InChI is InChI=1S/C17H20F2N6O2S/c1-8-12(5-20)21-7-22-15(8)9(2)23-13(26)6-25-17(27)24-11-4-3-10(18)14(19)16(11)28-25/h3-4,8-9,12,15,21-22H,6-7H2,1-2H3,(H,23,26)(H,24,27)/t8?,9-,12?,15?/m1/s1. The first-order valence-corrected chi connectivity index (χ1v) is 9.49. The lowest BCUT2D eigenvalue weighted by Crippen LogP contribution is -2.62. The zero-order valence-corrected chi connectivity index (χ0v) is 16.1. The lowest BCUT2D eigenvalue weighted by atomic mass is 9.88. The first-order chi connectivity index (χ1) is 13.3. The van der Waals surface area contributed by atoms with E-state index in [1.165, 1.54) is 6.07 Å². The van der Waals surface area contributed by atoms with Crippen molar-refractivity contribution in [2.24, 2.45) is 5.92 Å². The van der Waals surface area contributed by atoms with Gasteiger partial charge < -0.3 is 10.6 Å². The Labute approximate surface area is 165 Å². The highest BCUT2D eigenvalue weighted by Crippen LogP contribution is 2.37. The van der Waals surface area contributed by atoms with Gasteiger partial charge in [-0.25, -0.2) is 13.6 Å². The molecule has 2 aliphatic rings. The molecule has 150 valence electrons. The maximum absolute atomic E-state index is 14.0. The highest BCUT2D eigenvalue weighted by Gasteiger charge is 2.34. The van der Waals surface area contributed by atoms with Gasteiger partial charge >= 0.3 is 6.03 Å². The van der Waals surface area contributed by atoms with Crippen LogP contribution in [-0.2, 0) is 4.79 Å². The van der Waals surface area contributed by atoms with E-state index in [0.29, 0.717) is 18.6 Å². The monoisotopic (exact) mass is 410 g/mol. The summed E-state index contributed by atoms with van der Waals surface area (Å²) in [7, 11) is 0. The fraction of sp³-hybridized carbons (Fsp3) is 0.471. The summed E-state index contributed by atoms with van der Waals surface area (Å²) in [6.07, 6.45) is 0. The Kier molecular flexibility index (Phi) is 6.02. The molecule has 0 spiro atoms. The van der Waals surface area contributed by atoms with Crippen molar-refractivity contribution < 1.29 is 18.4 Å². The van der Waals surface area contributed by atoms with Crippen LogP contribution in [0.2, 0.25) is 0 Å². The molecular formula is C17H20F2N6O2S. The van der Waals surface area contributed by atoms with Gasteiger partial charge in [0.2, 0.25) is 5.91 Å². The maximum Gasteiger partial charge on any atom is 0.332 e. The van der Waals surface area contributed by atoms with E-state index in [2.05, 4.69) is 27.3 Å². The minimum Gasteiger partial charge on any atom is -0.350 e. The van der Waals surface area contributed by atoms with Gasteiger partial charge in [0, 0.05) is 24.7 Å². The van der Waals surface area contributed by atoms with E-state index in [0.717, 1.165) is 10.4 Å². The third-order valence-electron chi connectivity index (χ3n) is 4.83. The molecule has 3 rings (SSSR count). The number of anilines is 1. The largest absolute Gasteiger partial charge is 0.350 e. The van der Waals surface area contributed by atoms with Crippen LogP contribution < -0.4 is 21.3 Å². The van der Waals surface area contributed by atoms with Crippen LogP contribution in [0.5, 0.6) is 0 Å². The van der Waals surface area contributed by atoms with Crippen molar-refractivity contribution in [3.05, 3.63) is 23.8 Å². The Morgan fingerprint density at radius 2 is 2.21 bits per heavy atom. The van der Waals surface area contributed by atoms with Gasteiger partial charge in [-0.15, -0.1) is 0 Å². The van der Waals surface area contributed by atoms with E-state index in [1.807, 2.05) is 6.92 Å². The fourth-order valence-electron chi connectivity index (χ4n) is 3.33. The molecule has 1 aromatic rings. The predicted molar refractivity (Wildman–Crippen MR) is 99.0 cm³/mol. The number of nitriles is 1. The Balaban J connectivity index is 1.62. The molecule has 0 aliphatic carbocycles. The second kappa shape index (κ2) is 8.30. The number of rotatable bonds is 4. The van der Waals surface area contributed by atoms with E-state index in [4.69, 9.17) is 0 Å². The summed E-state index contributed by atoms with van der Waals surface area (Å²) < 4.78 is 28.4. The molecule has 1 aromatic carbocycles. The average Bonchev–Trinajstić information content (AvgIpc) is 2.66. The van der Waals surface area contributed by atoms with Crippen molar-refractivity contribution in [3.8, 4) is 6.07 Å². The van der Waals surface area contributed by atoms with Gasteiger partial charge in [-0.3, -0.25) is 19.7 Å². The van der Waals surface area contributed by atoms with E-state index < -0.39 is 23.6 Å². The molecule has 4 atom stereocenters. The van der Waals surface area contributed by atoms with Gasteiger partial charge in [-0.1, -0.05) is 6.92 Å². The lowest BCUT2D eigenvalue weighted by molar-refractivity contribution is -0.121. The fourth-order valence-corrected chi connectivity index (χ4v) is 4.26. The van der Waals surface area contributed by atoms with Gasteiger partial charge in [0.15, 0.2) is 11.6 Å². The summed E-state index contributed by atoms with van der Waals surface area (Å²) in [5.74, 6) is -2.60. The zero-order chi connectivity index (χ0) is 20.4. The molecule has 0 bridgehead atoms. The second-order valence-electron chi connectivity index (χ2n) is 6.73. The Morgan fingerprint density at radius 1 is 1.46 bits per heavy atom. The predicted octanol–water partition coefficient (Wildman–Crippen LogP) is 1.37. The molecule has 0 radical (unpaired) electrons. The van der Waals surface area contributed by atoms with Gasteiger partial charge in [-0.2, -0.15) is 5.26 Å². The van der Waals surface area contributed by atoms with Crippen LogP contribution in [0.4, 0.5) is 19.3 Å². The summed E-state index contributed by atoms with van der Waals surface area (Å²) in [4.78, 5) is 24.5. The van der Waals surface area contributed by atoms with Crippen LogP contribution in [0, 0.1) is 28.9 Å². The first kappa shape index (κ1) is 20.3. The number of carbonyl (C=O) groups excluding carboxylic acids is 2. The van der Waals surface area contributed by atoms with Crippen LogP contribution in [0.25, 0.3) is 0 Å². The molecule has 0 saturated carbocycles. The molecule has 3 amide bonds. The topological polar surface area (TPSA) is 109 Å². The third kappa shape index (κ3) is 4.04. The molecule has 28 heavy (non-hydrogen) atoms. The molecule has 0 aromatic heterocycles. The molecule has 11 heteroatoms. The number of nitrogens with zero attached hydrogens (tertiary/aromatic N) is 2. The number of halogens is 2. The quantitative estimate of drug-likeness (QED) is 0.559. The molecule has 1 saturated heterocycles. The molecular weight excluding hydrogens is 390 g/mol. The number of hydrogen-bond donors (Lipinski definition) is 4. The van der Waals surface area contributed by atoms with E-state index in [1.54, 1.807) is 6.92 Å². The number of amides is 3. The van der Waals surface area contributed by atoms with Crippen LogP contribution in [0.15, 0.2) is 17.0 Å². The smallest absolute Gasteiger partial charge is 0.332 e. The second-order valence-corrected chi connectivity index (χ2v) is 7.76. The van der Waals surface area contributed by atoms with Gasteiger partial charge in [0.25, 0.3) is 0 Å². The molecule has 2 aliphatic heterocycles. The normalized spacial score (nSPS) is 25.3. The summed E-state index contributed by atoms with van der Waals surface area (Å²) >= 11 is 0.678. The number of nitrogens with one attached hydrogen (secondary N) is 4. The van der Waals surface area contributed by atoms with Crippen molar-refractivity contribution in [2.45, 2.75) is 36.9 Å². The summed E-state index contributed by atoms with van der Waals surface area (Å²) in [6.45, 7) is 3.82. The van der Waals surface area contributed by atoms with Crippen molar-refractivity contribution in [2.75, 3.05) is 18.5 Å². The first-order valence-electron chi connectivity index (χ1n) is 8.72.